The number of hydrogen-bond acceptors (Lipinski definition) is 3. The number of phenolic OH excluding ortho intramolecular Hbond substituents is 1. The molecular formula is C9H6O2S. The summed E-state index contributed by atoms with van der Waals surface area (Å²) in [6, 6.07) is 8.52. The van der Waals surface area contributed by atoms with E-state index in [-0.39, 0.29) is 5.75 Å². The molecule has 0 aliphatic carbocycles. The molecule has 0 saturated heterocycles. The number of rotatable bonds is 0. The Bertz CT molecular complexity index is 473. The zero-order valence-corrected chi connectivity index (χ0v) is 6.97. The average Bonchev–Trinajstić information content (AvgIpc) is 2.03. The zero-order valence-electron chi connectivity index (χ0n) is 6.15. The Morgan fingerprint density at radius 2 is 1.92 bits per heavy atom. The summed E-state index contributed by atoms with van der Waals surface area (Å²) in [5.74, 6) is 0.187. The van der Waals surface area contributed by atoms with Crippen LogP contribution in [-0.2, 0) is 0 Å². The Morgan fingerprint density at radius 1 is 1.17 bits per heavy atom. The van der Waals surface area contributed by atoms with Crippen molar-refractivity contribution in [1.29, 1.82) is 0 Å². The van der Waals surface area contributed by atoms with E-state index in [1.807, 2.05) is 6.07 Å². The van der Waals surface area contributed by atoms with Gasteiger partial charge >= 0.3 is 0 Å². The molecular weight excluding hydrogens is 172 g/mol. The number of aromatic hydroxyl groups is 1. The fourth-order valence-corrected chi connectivity index (χ4v) is 1.21. The van der Waals surface area contributed by atoms with Gasteiger partial charge in [-0.05, 0) is 36.5 Å². The summed E-state index contributed by atoms with van der Waals surface area (Å²) in [4.78, 5) is 0. The Kier molecular flexibility index (Phi) is 1.59. The molecule has 0 saturated carbocycles. The monoisotopic (exact) mass is 178 g/mol. The fraction of sp³-hybridized carbons (Fsp3) is 0. The lowest BCUT2D eigenvalue weighted by Gasteiger charge is -1.95. The van der Waals surface area contributed by atoms with Gasteiger partial charge < -0.3 is 9.52 Å². The standard InChI is InChI=1S/C9H6O2S/c10-7-3-1-6-2-4-9(12)11-8(6)5-7/h1-5,10H. The van der Waals surface area contributed by atoms with Crippen LogP contribution in [-0.4, -0.2) is 5.11 Å². The Hall–Kier alpha value is -1.35. The van der Waals surface area contributed by atoms with Gasteiger partial charge in [0.2, 0.25) is 0 Å². The molecule has 0 fully saturated rings. The molecule has 2 nitrogen and oxygen atoms in total. The Morgan fingerprint density at radius 3 is 2.75 bits per heavy atom. The number of hydrogen-bond donors (Lipinski definition) is 1. The average molecular weight is 178 g/mol. The third-order valence-corrected chi connectivity index (χ3v) is 1.83. The lowest BCUT2D eigenvalue weighted by molar-refractivity contribution is 0.473. The molecule has 0 unspecified atom stereocenters. The molecule has 2 rings (SSSR count). The number of benzene rings is 1. The minimum absolute atomic E-state index is 0.187. The van der Waals surface area contributed by atoms with E-state index in [0.29, 0.717) is 10.3 Å². The van der Waals surface area contributed by atoms with Crippen LogP contribution < -0.4 is 0 Å². The summed E-state index contributed by atoms with van der Waals surface area (Å²) in [6.07, 6.45) is 0. The maximum Gasteiger partial charge on any atom is 0.190 e. The molecule has 0 amide bonds. The van der Waals surface area contributed by atoms with E-state index < -0.39 is 0 Å². The molecule has 12 heavy (non-hydrogen) atoms. The van der Waals surface area contributed by atoms with Gasteiger partial charge in [-0.1, -0.05) is 0 Å². The molecule has 1 N–H and O–H groups in total. The van der Waals surface area contributed by atoms with E-state index in [4.69, 9.17) is 21.7 Å². The predicted molar refractivity (Wildman–Crippen MR) is 48.7 cm³/mol. The topological polar surface area (TPSA) is 33.4 Å². The summed E-state index contributed by atoms with van der Waals surface area (Å²) >= 11 is 4.83. The highest BCUT2D eigenvalue weighted by Crippen LogP contribution is 2.19. The largest absolute Gasteiger partial charge is 0.508 e. The summed E-state index contributed by atoms with van der Waals surface area (Å²) in [5, 5.41) is 10.1. The van der Waals surface area contributed by atoms with Crippen molar-refractivity contribution in [2.45, 2.75) is 0 Å². The quantitative estimate of drug-likeness (QED) is 0.630. The van der Waals surface area contributed by atoms with Crippen molar-refractivity contribution in [2.24, 2.45) is 0 Å². The van der Waals surface area contributed by atoms with Crippen LogP contribution in [0.1, 0.15) is 0 Å². The normalized spacial score (nSPS) is 10.3. The van der Waals surface area contributed by atoms with Crippen LogP contribution >= 0.6 is 12.2 Å². The van der Waals surface area contributed by atoms with E-state index in [2.05, 4.69) is 0 Å². The second kappa shape index (κ2) is 2.60. The van der Waals surface area contributed by atoms with Crippen LogP contribution in [0.25, 0.3) is 11.0 Å². The predicted octanol–water partition coefficient (Wildman–Crippen LogP) is 2.87. The van der Waals surface area contributed by atoms with E-state index in [1.165, 1.54) is 0 Å². The SMILES string of the molecule is Oc1ccc2ccc(=S)oc2c1. The molecule has 1 aromatic heterocycles. The molecule has 0 atom stereocenters. The van der Waals surface area contributed by atoms with E-state index in [9.17, 15) is 0 Å². The van der Waals surface area contributed by atoms with Crippen LogP contribution in [0.15, 0.2) is 34.7 Å². The first kappa shape index (κ1) is 7.31. The molecule has 1 aromatic carbocycles. The van der Waals surface area contributed by atoms with Gasteiger partial charge in [0, 0.05) is 11.5 Å². The molecule has 0 aliphatic heterocycles. The Labute approximate surface area is 74.1 Å². The molecule has 0 aliphatic rings. The van der Waals surface area contributed by atoms with Crippen LogP contribution in [0.3, 0.4) is 0 Å². The third-order valence-electron chi connectivity index (χ3n) is 1.61. The van der Waals surface area contributed by atoms with Crippen molar-refractivity contribution in [3.05, 3.63) is 35.0 Å². The molecule has 1 heterocycles. The maximum atomic E-state index is 9.13. The molecule has 60 valence electrons. The summed E-state index contributed by atoms with van der Waals surface area (Å²) in [6.45, 7) is 0. The number of phenols is 1. The highest BCUT2D eigenvalue weighted by Gasteiger charge is 1.95. The van der Waals surface area contributed by atoms with Gasteiger partial charge in [0.15, 0.2) is 4.71 Å². The lowest BCUT2D eigenvalue weighted by Crippen LogP contribution is -1.71. The van der Waals surface area contributed by atoms with Crippen LogP contribution in [0.4, 0.5) is 0 Å². The van der Waals surface area contributed by atoms with Crippen LogP contribution in [0.2, 0.25) is 0 Å². The van der Waals surface area contributed by atoms with E-state index in [0.717, 1.165) is 5.39 Å². The van der Waals surface area contributed by atoms with Crippen molar-refractivity contribution < 1.29 is 9.52 Å². The van der Waals surface area contributed by atoms with Crippen molar-refractivity contribution in [3.63, 3.8) is 0 Å². The van der Waals surface area contributed by atoms with Crippen LogP contribution in [0.5, 0.6) is 5.75 Å². The Balaban J connectivity index is 2.89. The van der Waals surface area contributed by atoms with Gasteiger partial charge in [-0.15, -0.1) is 0 Å². The minimum Gasteiger partial charge on any atom is -0.508 e. The molecule has 0 spiro atoms. The summed E-state index contributed by atoms with van der Waals surface area (Å²) < 4.78 is 5.62. The molecule has 0 bridgehead atoms. The van der Waals surface area contributed by atoms with E-state index in [1.54, 1.807) is 24.3 Å². The second-order valence-electron chi connectivity index (χ2n) is 2.48. The van der Waals surface area contributed by atoms with Gasteiger partial charge in [-0.25, -0.2) is 0 Å². The first-order chi connectivity index (χ1) is 5.75. The van der Waals surface area contributed by atoms with E-state index >= 15 is 0 Å². The first-order valence-electron chi connectivity index (χ1n) is 3.48. The van der Waals surface area contributed by atoms with Crippen molar-refractivity contribution in [2.75, 3.05) is 0 Å². The second-order valence-corrected chi connectivity index (χ2v) is 2.88. The molecule has 0 radical (unpaired) electrons. The highest BCUT2D eigenvalue weighted by atomic mass is 32.1. The van der Waals surface area contributed by atoms with Crippen molar-refractivity contribution in [1.82, 2.24) is 0 Å². The van der Waals surface area contributed by atoms with Gasteiger partial charge in [-0.3, -0.25) is 0 Å². The first-order valence-corrected chi connectivity index (χ1v) is 3.89. The summed E-state index contributed by atoms with van der Waals surface area (Å²) in [7, 11) is 0. The van der Waals surface area contributed by atoms with Gasteiger partial charge in [0.1, 0.15) is 11.3 Å². The van der Waals surface area contributed by atoms with Crippen molar-refractivity contribution in [3.8, 4) is 5.75 Å². The van der Waals surface area contributed by atoms with Gasteiger partial charge in [0.05, 0.1) is 0 Å². The lowest BCUT2D eigenvalue weighted by atomic mass is 10.2. The van der Waals surface area contributed by atoms with Gasteiger partial charge in [-0.2, -0.15) is 0 Å². The van der Waals surface area contributed by atoms with Crippen molar-refractivity contribution >= 4 is 23.2 Å². The third kappa shape index (κ3) is 1.19. The number of fused-ring (bicyclic) bond motifs is 1. The minimum atomic E-state index is 0.187. The molecule has 3 heteroatoms. The molecule has 2 aromatic rings. The highest BCUT2D eigenvalue weighted by molar-refractivity contribution is 7.71. The summed E-state index contributed by atoms with van der Waals surface area (Å²) in [5.41, 5.74) is 0.613. The fourth-order valence-electron chi connectivity index (χ4n) is 1.05. The van der Waals surface area contributed by atoms with Gasteiger partial charge in [0.25, 0.3) is 0 Å². The maximum absolute atomic E-state index is 9.13. The van der Waals surface area contributed by atoms with Crippen LogP contribution in [0, 0.1) is 4.71 Å². The smallest absolute Gasteiger partial charge is 0.190 e. The zero-order chi connectivity index (χ0) is 8.55.